The summed E-state index contributed by atoms with van der Waals surface area (Å²) in [7, 11) is 0. The molecule has 45 heavy (non-hydrogen) atoms. The zero-order chi connectivity index (χ0) is 30.2. The van der Waals surface area contributed by atoms with E-state index in [0.717, 1.165) is 71.6 Å². The van der Waals surface area contributed by atoms with E-state index in [1.54, 1.807) is 0 Å². The monoisotopic (exact) mass is 582 g/mol. The van der Waals surface area contributed by atoms with Gasteiger partial charge in [-0.3, -0.25) is 4.98 Å². The standard InChI is InChI=1S/C41H34N4/c1-41(20-10-3-11-21-41)40-44-38(28-13-4-2-5-14-28)43-39(45-40)33-24-31(30-16-12-22-42-27-30)23-32(25-33)37-26-29-15-6-7-17-34(29)35-18-8-9-19-36(35)37/h3-4,6-10,12-19,22-27H,2,5,11,20-21H2,1H3. The van der Waals surface area contributed by atoms with E-state index in [4.69, 9.17) is 15.0 Å². The smallest absolute Gasteiger partial charge is 0.163 e. The Morgan fingerprint density at radius 1 is 0.622 bits per heavy atom. The lowest BCUT2D eigenvalue weighted by Crippen LogP contribution is -2.27. The third-order valence-corrected chi connectivity index (χ3v) is 9.29. The number of nitrogens with zero attached hydrogens (tertiary/aromatic N) is 4. The molecule has 0 radical (unpaired) electrons. The summed E-state index contributed by atoms with van der Waals surface area (Å²) < 4.78 is 0. The average molecular weight is 583 g/mol. The van der Waals surface area contributed by atoms with Crippen molar-refractivity contribution in [2.24, 2.45) is 0 Å². The van der Waals surface area contributed by atoms with Crippen LogP contribution in [-0.2, 0) is 5.41 Å². The quantitative estimate of drug-likeness (QED) is 0.150. The van der Waals surface area contributed by atoms with Gasteiger partial charge in [0.25, 0.3) is 0 Å². The van der Waals surface area contributed by atoms with Crippen molar-refractivity contribution >= 4 is 27.1 Å². The van der Waals surface area contributed by atoms with Crippen LogP contribution in [0.4, 0.5) is 0 Å². The van der Waals surface area contributed by atoms with Gasteiger partial charge >= 0.3 is 0 Å². The van der Waals surface area contributed by atoms with E-state index in [1.807, 2.05) is 18.5 Å². The molecule has 2 aliphatic carbocycles. The number of hydrogen-bond donors (Lipinski definition) is 0. The van der Waals surface area contributed by atoms with Crippen LogP contribution in [0.5, 0.6) is 0 Å². The largest absolute Gasteiger partial charge is 0.264 e. The first-order valence-corrected chi connectivity index (χ1v) is 15.9. The fraction of sp³-hybridized carbons (Fsp3) is 0.171. The molecule has 6 aromatic rings. The van der Waals surface area contributed by atoms with Crippen LogP contribution in [0.3, 0.4) is 0 Å². The summed E-state index contributed by atoms with van der Waals surface area (Å²) in [5.74, 6) is 2.34. The van der Waals surface area contributed by atoms with Gasteiger partial charge in [-0.1, -0.05) is 91.9 Å². The number of rotatable bonds is 5. The lowest BCUT2D eigenvalue weighted by molar-refractivity contribution is 0.401. The van der Waals surface area contributed by atoms with Crippen LogP contribution in [0.2, 0.25) is 0 Å². The minimum Gasteiger partial charge on any atom is -0.264 e. The summed E-state index contributed by atoms with van der Waals surface area (Å²) in [5.41, 5.74) is 6.36. The predicted octanol–water partition coefficient (Wildman–Crippen LogP) is 10.3. The van der Waals surface area contributed by atoms with Gasteiger partial charge in [0, 0.05) is 34.5 Å². The Bertz CT molecular complexity index is 2160. The fourth-order valence-electron chi connectivity index (χ4n) is 6.76. The molecular weight excluding hydrogens is 548 g/mol. The normalized spacial score (nSPS) is 17.9. The summed E-state index contributed by atoms with van der Waals surface area (Å²) in [6.45, 7) is 2.29. The molecule has 0 N–H and O–H groups in total. The molecule has 0 saturated heterocycles. The average Bonchev–Trinajstić information content (AvgIpc) is 3.12. The zero-order valence-electron chi connectivity index (χ0n) is 25.4. The topological polar surface area (TPSA) is 51.6 Å². The second-order valence-electron chi connectivity index (χ2n) is 12.5. The Labute approximate surface area is 264 Å². The molecule has 0 bridgehead atoms. The van der Waals surface area contributed by atoms with E-state index in [1.165, 1.54) is 27.1 Å². The van der Waals surface area contributed by atoms with E-state index >= 15 is 0 Å². The highest BCUT2D eigenvalue weighted by Crippen LogP contribution is 2.40. The molecule has 1 atom stereocenters. The van der Waals surface area contributed by atoms with Gasteiger partial charge in [-0.15, -0.1) is 0 Å². The second kappa shape index (κ2) is 11.4. The molecular formula is C41H34N4. The molecule has 4 heteroatoms. The number of hydrogen-bond acceptors (Lipinski definition) is 4. The molecule has 0 saturated carbocycles. The molecule has 218 valence electrons. The van der Waals surface area contributed by atoms with Crippen LogP contribution in [0, 0.1) is 0 Å². The van der Waals surface area contributed by atoms with E-state index in [0.29, 0.717) is 5.82 Å². The third-order valence-electron chi connectivity index (χ3n) is 9.29. The Morgan fingerprint density at radius 3 is 2.22 bits per heavy atom. The number of pyridine rings is 1. The maximum Gasteiger partial charge on any atom is 0.163 e. The highest BCUT2D eigenvalue weighted by atomic mass is 15.0. The van der Waals surface area contributed by atoms with E-state index in [-0.39, 0.29) is 5.41 Å². The van der Waals surface area contributed by atoms with Gasteiger partial charge in [0.15, 0.2) is 11.6 Å². The van der Waals surface area contributed by atoms with E-state index in [2.05, 4.69) is 121 Å². The molecule has 0 amide bonds. The van der Waals surface area contributed by atoms with Crippen molar-refractivity contribution < 1.29 is 0 Å². The van der Waals surface area contributed by atoms with E-state index < -0.39 is 0 Å². The minimum atomic E-state index is -0.140. The minimum absolute atomic E-state index is 0.140. The van der Waals surface area contributed by atoms with Gasteiger partial charge < -0.3 is 0 Å². The third kappa shape index (κ3) is 5.17. The molecule has 2 aliphatic rings. The van der Waals surface area contributed by atoms with Crippen molar-refractivity contribution in [3.8, 4) is 33.6 Å². The molecule has 0 spiro atoms. The van der Waals surface area contributed by atoms with Crippen molar-refractivity contribution in [2.75, 3.05) is 0 Å². The van der Waals surface area contributed by atoms with Crippen LogP contribution in [0.25, 0.3) is 60.8 Å². The van der Waals surface area contributed by atoms with Gasteiger partial charge in [-0.05, 0) is 101 Å². The Kier molecular flexibility index (Phi) is 6.91. The first-order chi connectivity index (χ1) is 22.1. The van der Waals surface area contributed by atoms with Crippen LogP contribution in [0.1, 0.15) is 50.7 Å². The lowest BCUT2D eigenvalue weighted by atomic mass is 9.78. The number of fused-ring (bicyclic) bond motifs is 3. The summed E-state index contributed by atoms with van der Waals surface area (Å²) in [5, 5.41) is 4.95. The van der Waals surface area contributed by atoms with Crippen LogP contribution in [-0.4, -0.2) is 19.9 Å². The Morgan fingerprint density at radius 2 is 1.42 bits per heavy atom. The van der Waals surface area contributed by atoms with Crippen molar-refractivity contribution in [1.82, 2.24) is 19.9 Å². The molecule has 1 unspecified atom stereocenters. The van der Waals surface area contributed by atoms with Crippen molar-refractivity contribution in [2.45, 2.75) is 44.4 Å². The van der Waals surface area contributed by atoms with Gasteiger partial charge in [0.05, 0.1) is 0 Å². The summed E-state index contributed by atoms with van der Waals surface area (Å²) in [6.07, 6.45) is 20.0. The first kappa shape index (κ1) is 27.3. The molecule has 2 aromatic heterocycles. The Balaban J connectivity index is 1.39. The maximum absolute atomic E-state index is 5.25. The van der Waals surface area contributed by atoms with Gasteiger partial charge in [0.1, 0.15) is 5.82 Å². The highest BCUT2D eigenvalue weighted by Gasteiger charge is 2.31. The van der Waals surface area contributed by atoms with Crippen molar-refractivity contribution in [3.63, 3.8) is 0 Å². The van der Waals surface area contributed by atoms with Gasteiger partial charge in [-0.2, -0.15) is 0 Å². The summed E-state index contributed by atoms with van der Waals surface area (Å²) in [4.78, 5) is 20.0. The van der Waals surface area contributed by atoms with Gasteiger partial charge in [-0.25, -0.2) is 15.0 Å². The number of allylic oxidation sites excluding steroid dienone is 6. The summed E-state index contributed by atoms with van der Waals surface area (Å²) >= 11 is 0. The number of benzene rings is 4. The highest BCUT2D eigenvalue weighted by molar-refractivity contribution is 6.14. The SMILES string of the molecule is CC1(c2nc(C3=CCCC=C3)nc(-c3cc(-c4cccnc4)cc(-c4cc5ccccc5c5ccccc45)c3)n2)CC=CCC1. The van der Waals surface area contributed by atoms with Crippen LogP contribution >= 0.6 is 0 Å². The maximum atomic E-state index is 5.25. The first-order valence-electron chi connectivity index (χ1n) is 15.9. The molecule has 2 heterocycles. The molecule has 4 aromatic carbocycles. The number of aromatic nitrogens is 4. The Hall–Kier alpha value is -5.22. The van der Waals surface area contributed by atoms with Crippen LogP contribution in [0.15, 0.2) is 128 Å². The van der Waals surface area contributed by atoms with Crippen molar-refractivity contribution in [3.05, 3.63) is 139 Å². The van der Waals surface area contributed by atoms with Crippen molar-refractivity contribution in [1.29, 1.82) is 0 Å². The fourth-order valence-corrected chi connectivity index (χ4v) is 6.76. The molecule has 0 fully saturated rings. The lowest BCUT2D eigenvalue weighted by Gasteiger charge is -2.29. The molecule has 4 nitrogen and oxygen atoms in total. The molecule has 8 rings (SSSR count). The second-order valence-corrected chi connectivity index (χ2v) is 12.5. The zero-order valence-corrected chi connectivity index (χ0v) is 25.4. The van der Waals surface area contributed by atoms with E-state index in [9.17, 15) is 0 Å². The summed E-state index contributed by atoms with van der Waals surface area (Å²) in [6, 6.07) is 30.5. The van der Waals surface area contributed by atoms with Gasteiger partial charge in [0.2, 0.25) is 0 Å². The molecule has 0 aliphatic heterocycles. The predicted molar refractivity (Wildman–Crippen MR) is 186 cm³/mol. The van der Waals surface area contributed by atoms with Crippen LogP contribution < -0.4 is 0 Å².